The first-order chi connectivity index (χ1) is 31.4. The molecule has 1 aliphatic carbocycles. The van der Waals surface area contributed by atoms with E-state index in [1.165, 1.54) is 19.1 Å². The maximum absolute atomic E-state index is 14.5. The minimum absolute atomic E-state index is 0.00798. The first-order valence-corrected chi connectivity index (χ1v) is 23.9. The summed E-state index contributed by atoms with van der Waals surface area (Å²) in [6.45, 7) is 10.5. The van der Waals surface area contributed by atoms with E-state index in [-0.39, 0.29) is 49.7 Å². The van der Waals surface area contributed by atoms with Gasteiger partial charge in [-0.2, -0.15) is 0 Å². The molecule has 3 aliphatic heterocycles. The number of allylic oxidation sites excluding steroid dienone is 2. The number of carbonyl (C=O) groups is 4. The molecule has 364 valence electrons. The molecule has 15 atom stereocenters. The van der Waals surface area contributed by atoms with Crippen LogP contribution in [-0.2, 0) is 42.9 Å². The highest BCUT2D eigenvalue weighted by atomic mass is 16.7. The van der Waals surface area contributed by atoms with Gasteiger partial charge in [0.25, 0.3) is 11.7 Å². The molecule has 4 aliphatic rings. The van der Waals surface area contributed by atoms with Crippen molar-refractivity contribution in [3.8, 4) is 5.75 Å². The predicted molar refractivity (Wildman–Crippen MR) is 247 cm³/mol. The van der Waals surface area contributed by atoms with Crippen LogP contribution in [0.15, 0.2) is 65.8 Å². The molecule has 3 N–H and O–H groups in total. The highest BCUT2D eigenvalue weighted by Gasteiger charge is 2.57. The zero-order chi connectivity index (χ0) is 48.0. The maximum atomic E-state index is 14.5. The summed E-state index contributed by atoms with van der Waals surface area (Å²) in [5, 5.41) is 37.9. The van der Waals surface area contributed by atoms with Gasteiger partial charge >= 0.3 is 5.97 Å². The second kappa shape index (κ2) is 22.4. The summed E-state index contributed by atoms with van der Waals surface area (Å²) >= 11 is 0. The Morgan fingerprint density at radius 3 is 2.27 bits per heavy atom. The van der Waals surface area contributed by atoms with Gasteiger partial charge in [0.1, 0.15) is 35.9 Å². The lowest BCUT2D eigenvalue weighted by Gasteiger charge is -2.48. The van der Waals surface area contributed by atoms with Gasteiger partial charge in [0, 0.05) is 58.0 Å². The highest BCUT2D eigenvalue weighted by molar-refractivity contribution is 6.39. The van der Waals surface area contributed by atoms with Crippen LogP contribution in [0.1, 0.15) is 99.3 Å². The number of hydrogen-bond acceptors (Lipinski definition) is 13. The van der Waals surface area contributed by atoms with Gasteiger partial charge in [0.15, 0.2) is 0 Å². The van der Waals surface area contributed by atoms with Gasteiger partial charge in [-0.15, -0.1) is 0 Å². The van der Waals surface area contributed by atoms with Gasteiger partial charge in [-0.3, -0.25) is 14.4 Å². The number of aliphatic hydroxyl groups excluding tert-OH is 2. The Kier molecular flexibility index (Phi) is 17.4. The number of rotatable bonds is 8. The summed E-state index contributed by atoms with van der Waals surface area (Å²) in [5.41, 5.74) is 1.14. The quantitative estimate of drug-likeness (QED) is 0.152. The molecule has 0 spiro atoms. The number of amides is 1. The van der Waals surface area contributed by atoms with Crippen molar-refractivity contribution >= 4 is 34.2 Å². The SMILES string of the molecule is CC[C@@H]1/C=C(\C)[C@@H](O)[C@H](C)[C@H](OC)[C@H]2O[C@@](O)(C(=O)C(=O)N3CCCC[C@H]3C(=O)O[C@H](/C(C)=C/[C@@H]3CC[C@@H](Oc4ccc5ccccc5c4)[C@H](OC)C3)[C@H](C)[C@@H](O)CC1=O)[C@H](C)C[C@@H]2OC. The molecule has 2 aromatic rings. The molecular formula is C52H73NO13. The molecular weight excluding hydrogens is 847 g/mol. The summed E-state index contributed by atoms with van der Waals surface area (Å²) in [5.74, 6) is -8.22. The standard InChI is InChI=1S/C52H73NO13/c1-10-35-24-29(2)45(56)33(6)47(63-9)48-44(62-8)25-31(4)52(60,66-48)49(57)50(58)53-22-14-13-17-39(53)51(59)65-46(32(5)40(54)28-41(35)55)30(3)23-34-18-21-42(43(26-34)61-7)64-38-20-19-36-15-11-12-16-37(36)27-38/h11-12,15-16,19-20,23-24,27,31-35,39-40,42-48,54,56,60H,10,13-14,17-18,21-22,25-26,28H2,1-9H3/b29-24+,30-23+/t31-,32-,33+,34+,35-,39+,40+,42-,43-,44+,45-,46-,47+,48+,52-/m1/s1. The Balaban J connectivity index is 1.32. The number of esters is 1. The van der Waals surface area contributed by atoms with Crippen molar-refractivity contribution in [3.63, 3.8) is 0 Å². The summed E-state index contributed by atoms with van der Waals surface area (Å²) in [7, 11) is 4.56. The first-order valence-electron chi connectivity index (χ1n) is 23.9. The average Bonchev–Trinajstić information content (AvgIpc) is 3.32. The predicted octanol–water partition coefficient (Wildman–Crippen LogP) is 6.29. The van der Waals surface area contributed by atoms with Crippen LogP contribution in [0.4, 0.5) is 0 Å². The lowest BCUT2D eigenvalue weighted by Crippen LogP contribution is -2.65. The molecule has 0 radical (unpaired) electrons. The van der Waals surface area contributed by atoms with Crippen molar-refractivity contribution < 1.29 is 62.9 Å². The molecule has 3 fully saturated rings. The zero-order valence-electron chi connectivity index (χ0n) is 40.2. The third kappa shape index (κ3) is 11.1. The van der Waals surface area contributed by atoms with Crippen LogP contribution in [0, 0.1) is 29.6 Å². The zero-order valence-corrected chi connectivity index (χ0v) is 40.2. The number of ether oxygens (including phenoxy) is 6. The second-order valence-corrected chi connectivity index (χ2v) is 19.3. The number of hydrogen-bond donors (Lipinski definition) is 3. The second-order valence-electron chi connectivity index (χ2n) is 19.3. The van der Waals surface area contributed by atoms with E-state index in [1.54, 1.807) is 40.9 Å². The largest absolute Gasteiger partial charge is 0.488 e. The molecule has 6 rings (SSSR count). The normalized spacial score (nSPS) is 38.0. The van der Waals surface area contributed by atoms with Crippen molar-refractivity contribution in [2.45, 2.75) is 160 Å². The number of carbonyl (C=O) groups excluding carboxylic acids is 4. The minimum Gasteiger partial charge on any atom is -0.488 e. The summed E-state index contributed by atoms with van der Waals surface area (Å²) in [6, 6.07) is 13.0. The van der Waals surface area contributed by atoms with Crippen LogP contribution >= 0.6 is 0 Å². The lowest BCUT2D eigenvalue weighted by atomic mass is 9.79. The maximum Gasteiger partial charge on any atom is 0.329 e. The monoisotopic (exact) mass is 920 g/mol. The number of cyclic esters (lactones) is 1. The fraction of sp³-hybridized carbons (Fsp3) is 0.654. The Morgan fingerprint density at radius 2 is 1.59 bits per heavy atom. The lowest BCUT2D eigenvalue weighted by molar-refractivity contribution is -0.306. The van der Waals surface area contributed by atoms with Gasteiger partial charge in [-0.05, 0) is 105 Å². The Morgan fingerprint density at radius 1 is 0.879 bits per heavy atom. The molecule has 0 unspecified atom stereocenters. The highest BCUT2D eigenvalue weighted by Crippen LogP contribution is 2.40. The van der Waals surface area contributed by atoms with Crippen molar-refractivity contribution in [2.24, 2.45) is 29.6 Å². The Bertz CT molecular complexity index is 2090. The van der Waals surface area contributed by atoms with Crippen LogP contribution in [0.5, 0.6) is 5.75 Å². The molecule has 3 heterocycles. The number of methoxy groups -OCH3 is 3. The molecule has 1 amide bonds. The summed E-state index contributed by atoms with van der Waals surface area (Å²) in [4.78, 5) is 58.5. The van der Waals surface area contributed by atoms with Crippen LogP contribution < -0.4 is 4.74 Å². The Labute approximate surface area is 390 Å². The van der Waals surface area contributed by atoms with Crippen LogP contribution in [0.25, 0.3) is 10.8 Å². The number of nitrogens with zero attached hydrogens (tertiary/aromatic N) is 1. The average molecular weight is 920 g/mol. The summed E-state index contributed by atoms with van der Waals surface area (Å²) < 4.78 is 36.8. The van der Waals surface area contributed by atoms with Crippen LogP contribution in [-0.4, -0.2) is 132 Å². The third-order valence-corrected chi connectivity index (χ3v) is 15.0. The van der Waals surface area contributed by atoms with E-state index in [0.29, 0.717) is 43.3 Å². The fourth-order valence-electron chi connectivity index (χ4n) is 10.7. The van der Waals surface area contributed by atoms with Gasteiger partial charge < -0.3 is 48.6 Å². The van der Waals surface area contributed by atoms with E-state index < -0.39 is 89.8 Å². The number of ketones is 2. The van der Waals surface area contributed by atoms with E-state index in [0.717, 1.165) is 22.9 Å². The Hall–Kier alpha value is -4.02. The molecule has 1 saturated carbocycles. The van der Waals surface area contributed by atoms with Gasteiger partial charge in [-0.1, -0.05) is 70.2 Å². The first kappa shape index (κ1) is 51.4. The van der Waals surface area contributed by atoms with E-state index >= 15 is 0 Å². The van der Waals surface area contributed by atoms with E-state index in [2.05, 4.69) is 6.07 Å². The van der Waals surface area contributed by atoms with E-state index in [4.69, 9.17) is 28.4 Å². The van der Waals surface area contributed by atoms with Crippen molar-refractivity contribution in [1.29, 1.82) is 0 Å². The number of fused-ring (bicyclic) bond motifs is 4. The summed E-state index contributed by atoms with van der Waals surface area (Å²) in [6.07, 6.45) is 0.755. The fourth-order valence-corrected chi connectivity index (χ4v) is 10.7. The molecule has 66 heavy (non-hydrogen) atoms. The molecule has 2 saturated heterocycles. The number of piperidine rings is 1. The van der Waals surface area contributed by atoms with E-state index in [9.17, 15) is 34.5 Å². The number of Topliss-reactive ketones (excluding diaryl/α,β-unsaturated/α-hetero) is 2. The van der Waals surface area contributed by atoms with Crippen molar-refractivity contribution in [1.82, 2.24) is 4.90 Å². The molecule has 14 nitrogen and oxygen atoms in total. The minimum atomic E-state index is -2.62. The smallest absolute Gasteiger partial charge is 0.329 e. The van der Waals surface area contributed by atoms with Gasteiger partial charge in [-0.25, -0.2) is 4.79 Å². The molecule has 2 aromatic carbocycles. The van der Waals surface area contributed by atoms with Crippen LogP contribution in [0.2, 0.25) is 0 Å². The molecule has 0 aromatic heterocycles. The molecule has 14 heteroatoms. The van der Waals surface area contributed by atoms with Gasteiger partial charge in [0.2, 0.25) is 5.79 Å². The van der Waals surface area contributed by atoms with Crippen LogP contribution in [0.3, 0.4) is 0 Å². The third-order valence-electron chi connectivity index (χ3n) is 15.0. The van der Waals surface area contributed by atoms with Crippen molar-refractivity contribution in [3.05, 3.63) is 65.8 Å². The van der Waals surface area contributed by atoms with E-state index in [1.807, 2.05) is 56.3 Å². The molecule has 2 bridgehead atoms. The van der Waals surface area contributed by atoms with Gasteiger partial charge in [0.05, 0.1) is 30.5 Å². The van der Waals surface area contributed by atoms with Crippen molar-refractivity contribution in [2.75, 3.05) is 27.9 Å². The number of aliphatic hydroxyl groups is 3. The number of benzene rings is 2. The topological polar surface area (TPSA) is 188 Å².